The molecule has 4 nitrogen and oxygen atoms in total. The minimum Gasteiger partial charge on any atom is -0.489 e. The first-order valence-corrected chi connectivity index (χ1v) is 13.0. The first-order chi connectivity index (χ1) is 16.6. The highest BCUT2D eigenvalue weighted by Gasteiger charge is 2.26. The van der Waals surface area contributed by atoms with Crippen molar-refractivity contribution in [3.05, 3.63) is 93.8 Å². The SMILES string of the molecule is C[C@@H](CSC1c2ccccc2COc2ccc(C=Cc3ccc4c(n3)CCCC4)cc21)C(=O)O. The van der Waals surface area contributed by atoms with Gasteiger partial charge in [0.2, 0.25) is 0 Å². The molecule has 1 aliphatic carbocycles. The summed E-state index contributed by atoms with van der Waals surface area (Å²) in [6.07, 6.45) is 8.87. The Morgan fingerprint density at radius 2 is 1.94 bits per heavy atom. The van der Waals surface area contributed by atoms with Gasteiger partial charge in [-0.05, 0) is 72.2 Å². The lowest BCUT2D eigenvalue weighted by molar-refractivity contribution is -0.140. The first kappa shape index (κ1) is 22.7. The van der Waals surface area contributed by atoms with Crippen LogP contribution in [0.3, 0.4) is 0 Å². The summed E-state index contributed by atoms with van der Waals surface area (Å²) in [5.41, 5.74) is 8.13. The van der Waals surface area contributed by atoms with Gasteiger partial charge in [0.15, 0.2) is 0 Å². The van der Waals surface area contributed by atoms with Gasteiger partial charge in [-0.2, -0.15) is 0 Å². The molecule has 3 aromatic rings. The molecule has 0 fully saturated rings. The molecular formula is C29H29NO3S. The molecule has 0 saturated heterocycles. The topological polar surface area (TPSA) is 59.4 Å². The zero-order chi connectivity index (χ0) is 23.5. The molecule has 0 saturated carbocycles. The van der Waals surface area contributed by atoms with Crippen LogP contribution in [0.5, 0.6) is 5.75 Å². The van der Waals surface area contributed by atoms with Crippen molar-refractivity contribution < 1.29 is 14.6 Å². The second-order valence-corrected chi connectivity index (χ2v) is 10.3. The number of rotatable bonds is 6. The largest absolute Gasteiger partial charge is 0.489 e. The third-order valence-corrected chi connectivity index (χ3v) is 8.15. The minimum atomic E-state index is -0.764. The molecule has 0 bridgehead atoms. The molecule has 5 heteroatoms. The number of hydrogen-bond acceptors (Lipinski definition) is 4. The van der Waals surface area contributed by atoms with Crippen LogP contribution in [0.25, 0.3) is 12.2 Å². The Kier molecular flexibility index (Phi) is 6.73. The van der Waals surface area contributed by atoms with Crippen molar-refractivity contribution in [3.8, 4) is 5.75 Å². The molecule has 1 N–H and O–H groups in total. The number of ether oxygens (including phenoxy) is 1. The van der Waals surface area contributed by atoms with E-state index in [4.69, 9.17) is 9.72 Å². The number of carboxylic acids is 1. The molecule has 5 rings (SSSR count). The van der Waals surface area contributed by atoms with E-state index in [1.54, 1.807) is 18.7 Å². The summed E-state index contributed by atoms with van der Waals surface area (Å²) >= 11 is 1.67. The zero-order valence-electron chi connectivity index (χ0n) is 19.4. The number of thioether (sulfide) groups is 1. The normalized spacial score (nSPS) is 17.7. The monoisotopic (exact) mass is 471 g/mol. The second-order valence-electron chi connectivity index (χ2n) is 9.12. The summed E-state index contributed by atoms with van der Waals surface area (Å²) in [5, 5.41) is 9.42. The summed E-state index contributed by atoms with van der Waals surface area (Å²) < 4.78 is 6.17. The van der Waals surface area contributed by atoms with Crippen molar-refractivity contribution in [2.24, 2.45) is 5.92 Å². The van der Waals surface area contributed by atoms with Gasteiger partial charge in [-0.3, -0.25) is 9.78 Å². The van der Waals surface area contributed by atoms with E-state index >= 15 is 0 Å². The lowest BCUT2D eigenvalue weighted by Crippen LogP contribution is -2.13. The van der Waals surface area contributed by atoms with E-state index in [0.29, 0.717) is 12.4 Å². The second kappa shape index (κ2) is 10.1. The van der Waals surface area contributed by atoms with Gasteiger partial charge < -0.3 is 9.84 Å². The fraction of sp³-hybridized carbons (Fsp3) is 0.310. The van der Waals surface area contributed by atoms with Gasteiger partial charge in [0.1, 0.15) is 12.4 Å². The summed E-state index contributed by atoms with van der Waals surface area (Å²) in [5.74, 6) is 0.219. The maximum absolute atomic E-state index is 11.4. The van der Waals surface area contributed by atoms with Crippen LogP contribution >= 0.6 is 11.8 Å². The van der Waals surface area contributed by atoms with Gasteiger partial charge in [0, 0.05) is 17.0 Å². The fourth-order valence-corrected chi connectivity index (χ4v) is 6.01. The Bertz CT molecular complexity index is 1240. The Morgan fingerprint density at radius 1 is 1.09 bits per heavy atom. The lowest BCUT2D eigenvalue weighted by Gasteiger charge is -2.20. The molecule has 0 radical (unpaired) electrons. The van der Waals surface area contributed by atoms with Crippen LogP contribution in [-0.4, -0.2) is 21.8 Å². The summed E-state index contributed by atoms with van der Waals surface area (Å²) in [6.45, 7) is 2.28. The van der Waals surface area contributed by atoms with Crippen LogP contribution < -0.4 is 4.74 Å². The number of hydrogen-bond donors (Lipinski definition) is 1. The fourth-order valence-electron chi connectivity index (χ4n) is 4.62. The van der Waals surface area contributed by atoms with Crippen LogP contribution in [0.4, 0.5) is 0 Å². The molecule has 2 aliphatic rings. The number of carboxylic acid groups (broad SMARTS) is 1. The number of fused-ring (bicyclic) bond motifs is 3. The Balaban J connectivity index is 1.46. The average Bonchev–Trinajstić information content (AvgIpc) is 3.02. The van der Waals surface area contributed by atoms with Crippen molar-refractivity contribution in [3.63, 3.8) is 0 Å². The van der Waals surface area contributed by atoms with Crippen LogP contribution in [0, 0.1) is 5.92 Å². The van der Waals surface area contributed by atoms with Gasteiger partial charge in [-0.1, -0.05) is 49.4 Å². The summed E-state index contributed by atoms with van der Waals surface area (Å²) in [7, 11) is 0. The van der Waals surface area contributed by atoms with E-state index in [1.165, 1.54) is 29.7 Å². The van der Waals surface area contributed by atoms with Crippen LogP contribution in [0.2, 0.25) is 0 Å². The number of nitrogens with zero attached hydrogens (tertiary/aromatic N) is 1. The lowest BCUT2D eigenvalue weighted by atomic mass is 9.96. The van der Waals surface area contributed by atoms with Crippen molar-refractivity contribution in [2.75, 3.05) is 5.75 Å². The smallest absolute Gasteiger partial charge is 0.307 e. The predicted molar refractivity (Wildman–Crippen MR) is 138 cm³/mol. The molecule has 174 valence electrons. The van der Waals surface area contributed by atoms with E-state index in [1.807, 2.05) is 18.2 Å². The number of pyridine rings is 1. The highest BCUT2D eigenvalue weighted by molar-refractivity contribution is 7.99. The predicted octanol–water partition coefficient (Wildman–Crippen LogP) is 6.57. The van der Waals surface area contributed by atoms with Gasteiger partial charge in [0.25, 0.3) is 0 Å². The molecule has 0 spiro atoms. The third-order valence-electron chi connectivity index (χ3n) is 6.62. The van der Waals surface area contributed by atoms with E-state index in [-0.39, 0.29) is 5.25 Å². The highest BCUT2D eigenvalue weighted by atomic mass is 32.2. The van der Waals surface area contributed by atoms with Gasteiger partial charge in [-0.15, -0.1) is 11.8 Å². The van der Waals surface area contributed by atoms with Crippen molar-refractivity contribution in [1.82, 2.24) is 4.98 Å². The van der Waals surface area contributed by atoms with Gasteiger partial charge in [0.05, 0.1) is 16.9 Å². The van der Waals surface area contributed by atoms with Gasteiger partial charge in [-0.25, -0.2) is 0 Å². The Morgan fingerprint density at radius 3 is 2.82 bits per heavy atom. The van der Waals surface area contributed by atoms with E-state index in [9.17, 15) is 9.90 Å². The zero-order valence-corrected chi connectivity index (χ0v) is 20.2. The van der Waals surface area contributed by atoms with E-state index in [0.717, 1.165) is 41.0 Å². The van der Waals surface area contributed by atoms with Crippen LogP contribution in [0.1, 0.15) is 64.2 Å². The van der Waals surface area contributed by atoms with Crippen molar-refractivity contribution in [1.29, 1.82) is 0 Å². The number of benzene rings is 2. The quantitative estimate of drug-likeness (QED) is 0.441. The molecule has 1 aliphatic heterocycles. The summed E-state index contributed by atoms with van der Waals surface area (Å²) in [4.78, 5) is 16.3. The molecular weight excluding hydrogens is 442 g/mol. The summed E-state index contributed by atoms with van der Waals surface area (Å²) in [6, 6.07) is 18.9. The highest BCUT2D eigenvalue weighted by Crippen LogP contribution is 2.45. The molecule has 2 atom stereocenters. The van der Waals surface area contributed by atoms with E-state index in [2.05, 4.69) is 48.6 Å². The Labute approximate surface area is 205 Å². The van der Waals surface area contributed by atoms with Crippen LogP contribution in [0.15, 0.2) is 54.6 Å². The number of aliphatic carboxylic acids is 1. The third kappa shape index (κ3) is 4.90. The van der Waals surface area contributed by atoms with Crippen molar-refractivity contribution in [2.45, 2.75) is 44.5 Å². The van der Waals surface area contributed by atoms with Crippen molar-refractivity contribution >= 4 is 29.9 Å². The molecule has 2 heterocycles. The maximum Gasteiger partial charge on any atom is 0.307 e. The van der Waals surface area contributed by atoms with Crippen LogP contribution in [-0.2, 0) is 24.2 Å². The molecule has 34 heavy (non-hydrogen) atoms. The minimum absolute atomic E-state index is 0.0192. The Hall–Kier alpha value is -3.05. The molecule has 0 amide bonds. The first-order valence-electron chi connectivity index (χ1n) is 11.9. The average molecular weight is 472 g/mol. The standard InChI is InChI=1S/C29H29NO3S/c1-19(29(31)32)18-34-28-24-8-4-2-7-22(24)17-33-27-15-11-20(16-25(27)28)10-13-23-14-12-21-6-3-5-9-26(21)30-23/h2,4,7-8,10-16,19,28H,3,5-6,9,17-18H2,1H3,(H,31,32)/t19-,28?/m0/s1. The molecule has 1 aromatic heterocycles. The number of aryl methyl sites for hydroxylation is 2. The van der Waals surface area contributed by atoms with Gasteiger partial charge >= 0.3 is 5.97 Å². The molecule has 1 unspecified atom stereocenters. The maximum atomic E-state index is 11.4. The number of carbonyl (C=O) groups is 1. The molecule has 2 aromatic carbocycles. The van der Waals surface area contributed by atoms with E-state index < -0.39 is 11.9 Å². The number of aromatic nitrogens is 1.